The largest absolute Gasteiger partial charge is 0.477 e. The van der Waals surface area contributed by atoms with Gasteiger partial charge in [0.2, 0.25) is 5.71 Å². The SMILES string of the molecule is Cc1cccc2c1oc1c2cc(C(=O)O)n1C. The van der Waals surface area contributed by atoms with Gasteiger partial charge in [-0.3, -0.25) is 0 Å². The van der Waals surface area contributed by atoms with E-state index in [1.807, 2.05) is 25.1 Å². The number of hydrogen-bond acceptors (Lipinski definition) is 2. The highest BCUT2D eigenvalue weighted by Gasteiger charge is 2.18. The summed E-state index contributed by atoms with van der Waals surface area (Å²) < 4.78 is 7.31. The Morgan fingerprint density at radius 2 is 2.12 bits per heavy atom. The summed E-state index contributed by atoms with van der Waals surface area (Å²) in [6, 6.07) is 7.52. The zero-order valence-electron chi connectivity index (χ0n) is 9.52. The van der Waals surface area contributed by atoms with Crippen molar-refractivity contribution in [3.63, 3.8) is 0 Å². The van der Waals surface area contributed by atoms with Crippen molar-refractivity contribution < 1.29 is 14.3 Å². The predicted molar refractivity (Wildman–Crippen MR) is 64.4 cm³/mol. The molecule has 0 saturated heterocycles. The topological polar surface area (TPSA) is 55.4 Å². The molecule has 2 aromatic heterocycles. The van der Waals surface area contributed by atoms with Crippen LogP contribution in [0.4, 0.5) is 0 Å². The summed E-state index contributed by atoms with van der Waals surface area (Å²) in [5, 5.41) is 10.9. The first-order valence-electron chi connectivity index (χ1n) is 5.30. The summed E-state index contributed by atoms with van der Waals surface area (Å²) in [4.78, 5) is 11.0. The van der Waals surface area contributed by atoms with Crippen LogP contribution in [0.5, 0.6) is 0 Å². The smallest absolute Gasteiger partial charge is 0.352 e. The molecule has 0 spiro atoms. The minimum atomic E-state index is -0.945. The van der Waals surface area contributed by atoms with Crippen LogP contribution in [-0.4, -0.2) is 15.6 Å². The second-order valence-corrected chi connectivity index (χ2v) is 4.17. The third kappa shape index (κ3) is 1.21. The Bertz CT molecular complexity index is 749. The zero-order valence-corrected chi connectivity index (χ0v) is 9.52. The molecule has 3 rings (SSSR count). The van der Waals surface area contributed by atoms with Gasteiger partial charge in [-0.2, -0.15) is 0 Å². The molecule has 0 fully saturated rings. The number of fused-ring (bicyclic) bond motifs is 3. The van der Waals surface area contributed by atoms with Crippen LogP contribution in [0.25, 0.3) is 22.1 Å². The van der Waals surface area contributed by atoms with Crippen LogP contribution >= 0.6 is 0 Å². The lowest BCUT2D eigenvalue weighted by Gasteiger charge is -1.97. The number of para-hydroxylation sites is 1. The van der Waals surface area contributed by atoms with Gasteiger partial charge in [-0.15, -0.1) is 0 Å². The van der Waals surface area contributed by atoms with Crippen LogP contribution in [0.1, 0.15) is 16.1 Å². The van der Waals surface area contributed by atoms with Crippen molar-refractivity contribution in [3.05, 3.63) is 35.5 Å². The Hall–Kier alpha value is -2.23. The van der Waals surface area contributed by atoms with Crippen molar-refractivity contribution in [1.29, 1.82) is 0 Å². The molecule has 17 heavy (non-hydrogen) atoms. The van der Waals surface area contributed by atoms with E-state index in [0.717, 1.165) is 21.9 Å². The first kappa shape index (κ1) is 9.96. The fourth-order valence-corrected chi connectivity index (χ4v) is 2.20. The van der Waals surface area contributed by atoms with Crippen molar-refractivity contribution in [1.82, 2.24) is 4.57 Å². The van der Waals surface area contributed by atoms with Crippen LogP contribution in [0.2, 0.25) is 0 Å². The van der Waals surface area contributed by atoms with Gasteiger partial charge in [0.1, 0.15) is 11.3 Å². The molecule has 0 radical (unpaired) electrons. The molecule has 0 unspecified atom stereocenters. The maximum absolute atomic E-state index is 11.0. The van der Waals surface area contributed by atoms with Gasteiger partial charge in [-0.05, 0) is 18.6 Å². The molecule has 1 aromatic carbocycles. The van der Waals surface area contributed by atoms with Gasteiger partial charge in [-0.1, -0.05) is 18.2 Å². The second kappa shape index (κ2) is 3.13. The molecule has 4 nitrogen and oxygen atoms in total. The maximum atomic E-state index is 11.0. The van der Waals surface area contributed by atoms with Gasteiger partial charge in [-0.25, -0.2) is 4.79 Å². The number of hydrogen-bond donors (Lipinski definition) is 1. The van der Waals surface area contributed by atoms with E-state index in [0.29, 0.717) is 5.71 Å². The fourth-order valence-electron chi connectivity index (χ4n) is 2.20. The zero-order chi connectivity index (χ0) is 12.2. The van der Waals surface area contributed by atoms with Gasteiger partial charge < -0.3 is 14.1 Å². The number of carboxylic acid groups (broad SMARTS) is 1. The van der Waals surface area contributed by atoms with Crippen LogP contribution in [-0.2, 0) is 7.05 Å². The monoisotopic (exact) mass is 229 g/mol. The van der Waals surface area contributed by atoms with Crippen LogP contribution < -0.4 is 0 Å². The van der Waals surface area contributed by atoms with E-state index in [4.69, 9.17) is 9.52 Å². The number of nitrogens with zero attached hydrogens (tertiary/aromatic N) is 1. The molecular weight excluding hydrogens is 218 g/mol. The van der Waals surface area contributed by atoms with Gasteiger partial charge in [0, 0.05) is 17.8 Å². The lowest BCUT2D eigenvalue weighted by atomic mass is 10.1. The molecule has 4 heteroatoms. The highest BCUT2D eigenvalue weighted by molar-refractivity contribution is 6.08. The van der Waals surface area contributed by atoms with Gasteiger partial charge in [0.15, 0.2) is 0 Å². The average molecular weight is 229 g/mol. The highest BCUT2D eigenvalue weighted by atomic mass is 16.4. The van der Waals surface area contributed by atoms with Gasteiger partial charge in [0.25, 0.3) is 0 Å². The Morgan fingerprint density at radius 1 is 1.35 bits per heavy atom. The molecule has 0 saturated carbocycles. The van der Waals surface area contributed by atoms with E-state index in [1.165, 1.54) is 0 Å². The Balaban J connectivity index is 2.49. The molecule has 3 aromatic rings. The van der Waals surface area contributed by atoms with E-state index >= 15 is 0 Å². The summed E-state index contributed by atoms with van der Waals surface area (Å²) in [5.74, 6) is -0.945. The van der Waals surface area contributed by atoms with Gasteiger partial charge in [0.05, 0.1) is 0 Å². The first-order chi connectivity index (χ1) is 8.09. The number of carboxylic acids is 1. The summed E-state index contributed by atoms with van der Waals surface area (Å²) >= 11 is 0. The van der Waals surface area contributed by atoms with Crippen molar-refractivity contribution in [2.45, 2.75) is 6.92 Å². The molecule has 0 bridgehead atoms. The number of benzene rings is 1. The molecule has 0 aliphatic rings. The Labute approximate surface area is 97.1 Å². The number of carbonyl (C=O) groups is 1. The Morgan fingerprint density at radius 3 is 2.82 bits per heavy atom. The summed E-state index contributed by atoms with van der Waals surface area (Å²) in [7, 11) is 1.70. The molecule has 86 valence electrons. The predicted octanol–water partition coefficient (Wildman–Crippen LogP) is 2.93. The van der Waals surface area contributed by atoms with E-state index in [-0.39, 0.29) is 5.69 Å². The highest BCUT2D eigenvalue weighted by Crippen LogP contribution is 2.32. The number of furan rings is 1. The van der Waals surface area contributed by atoms with Crippen LogP contribution in [0.3, 0.4) is 0 Å². The van der Waals surface area contributed by atoms with Crippen molar-refractivity contribution in [2.24, 2.45) is 7.05 Å². The van der Waals surface area contributed by atoms with Gasteiger partial charge >= 0.3 is 5.97 Å². The van der Waals surface area contributed by atoms with E-state index < -0.39 is 5.97 Å². The summed E-state index contributed by atoms with van der Waals surface area (Å²) in [6.45, 7) is 1.98. The fraction of sp³-hybridized carbons (Fsp3) is 0.154. The van der Waals surface area contributed by atoms with Crippen LogP contribution in [0.15, 0.2) is 28.7 Å². The molecule has 0 amide bonds. The lowest BCUT2D eigenvalue weighted by molar-refractivity contribution is 0.0686. The molecule has 2 heterocycles. The lowest BCUT2D eigenvalue weighted by Crippen LogP contribution is -2.03. The standard InChI is InChI=1S/C13H11NO3/c1-7-4-3-5-8-9-6-10(13(15)16)14(2)12(9)17-11(7)8/h3-6H,1-2H3,(H,15,16). The Kier molecular flexibility index (Phi) is 1.84. The quantitative estimate of drug-likeness (QED) is 0.698. The number of aryl methyl sites for hydroxylation is 2. The van der Waals surface area contributed by atoms with E-state index in [2.05, 4.69) is 0 Å². The van der Waals surface area contributed by atoms with Crippen molar-refractivity contribution in [2.75, 3.05) is 0 Å². The first-order valence-corrected chi connectivity index (χ1v) is 5.30. The molecular formula is C13H11NO3. The minimum absolute atomic E-state index is 0.238. The molecule has 1 N–H and O–H groups in total. The number of aromatic nitrogens is 1. The normalized spacial score (nSPS) is 11.4. The summed E-state index contributed by atoms with van der Waals surface area (Å²) in [5.41, 5.74) is 2.72. The molecule has 0 aliphatic carbocycles. The van der Waals surface area contributed by atoms with E-state index in [9.17, 15) is 4.79 Å². The van der Waals surface area contributed by atoms with E-state index in [1.54, 1.807) is 17.7 Å². The number of rotatable bonds is 1. The van der Waals surface area contributed by atoms with Crippen molar-refractivity contribution in [3.8, 4) is 0 Å². The van der Waals surface area contributed by atoms with Crippen molar-refractivity contribution >= 4 is 28.0 Å². The second-order valence-electron chi connectivity index (χ2n) is 4.17. The summed E-state index contributed by atoms with van der Waals surface area (Å²) in [6.07, 6.45) is 0. The van der Waals surface area contributed by atoms with Crippen LogP contribution in [0, 0.1) is 6.92 Å². The third-order valence-corrected chi connectivity index (χ3v) is 3.10. The molecule has 0 atom stereocenters. The maximum Gasteiger partial charge on any atom is 0.352 e. The molecule has 0 aliphatic heterocycles. The minimum Gasteiger partial charge on any atom is -0.477 e. The third-order valence-electron chi connectivity index (χ3n) is 3.10. The number of aromatic carboxylic acids is 1. The average Bonchev–Trinajstić information content (AvgIpc) is 2.78.